The van der Waals surface area contributed by atoms with Gasteiger partial charge in [0.05, 0.1) is 11.1 Å². The SMILES string of the molecule is CC(C)(C)[C@H]1CCc2nc3ccccc3c(C(=O)OCC(=O)Nc3ccccc3)c2C1. The van der Waals surface area contributed by atoms with Crippen molar-refractivity contribution in [3.05, 3.63) is 71.4 Å². The Morgan fingerprint density at radius 2 is 1.77 bits per heavy atom. The number of hydrogen-bond donors (Lipinski definition) is 1. The lowest BCUT2D eigenvalue weighted by molar-refractivity contribution is -0.119. The topological polar surface area (TPSA) is 68.3 Å². The van der Waals surface area contributed by atoms with Gasteiger partial charge < -0.3 is 10.1 Å². The Bertz CT molecular complexity index is 1120. The molecule has 3 aromatic rings. The van der Waals surface area contributed by atoms with Gasteiger partial charge in [0.25, 0.3) is 5.91 Å². The maximum atomic E-state index is 13.2. The number of fused-ring (bicyclic) bond motifs is 2. The van der Waals surface area contributed by atoms with Crippen molar-refractivity contribution in [3.63, 3.8) is 0 Å². The second kappa shape index (κ2) is 8.50. The zero-order valence-electron chi connectivity index (χ0n) is 18.3. The van der Waals surface area contributed by atoms with Crippen molar-refractivity contribution in [3.8, 4) is 0 Å². The van der Waals surface area contributed by atoms with Gasteiger partial charge in [-0.05, 0) is 54.4 Å². The fourth-order valence-corrected chi connectivity index (χ4v) is 4.28. The Balaban J connectivity index is 1.61. The first-order valence-electron chi connectivity index (χ1n) is 10.8. The summed E-state index contributed by atoms with van der Waals surface area (Å²) in [5.41, 5.74) is 4.10. The van der Waals surface area contributed by atoms with E-state index in [1.54, 1.807) is 12.1 Å². The van der Waals surface area contributed by atoms with Crippen LogP contribution in [-0.4, -0.2) is 23.5 Å². The largest absolute Gasteiger partial charge is 0.452 e. The van der Waals surface area contributed by atoms with E-state index >= 15 is 0 Å². The van der Waals surface area contributed by atoms with Crippen molar-refractivity contribution < 1.29 is 14.3 Å². The highest BCUT2D eigenvalue weighted by Crippen LogP contribution is 2.39. The van der Waals surface area contributed by atoms with Gasteiger partial charge in [-0.15, -0.1) is 0 Å². The number of pyridine rings is 1. The van der Waals surface area contributed by atoms with Crippen molar-refractivity contribution in [2.45, 2.75) is 40.0 Å². The van der Waals surface area contributed by atoms with Crippen LogP contribution in [0.2, 0.25) is 0 Å². The molecule has 0 unspecified atom stereocenters. The van der Waals surface area contributed by atoms with E-state index in [9.17, 15) is 9.59 Å². The lowest BCUT2D eigenvalue weighted by Gasteiger charge is -2.35. The molecule has 1 heterocycles. The van der Waals surface area contributed by atoms with E-state index in [-0.39, 0.29) is 17.9 Å². The Labute approximate surface area is 182 Å². The molecule has 0 radical (unpaired) electrons. The molecule has 160 valence electrons. The van der Waals surface area contributed by atoms with Crippen LogP contribution >= 0.6 is 0 Å². The lowest BCUT2D eigenvalue weighted by atomic mass is 9.70. The molecular weight excluding hydrogens is 388 g/mol. The van der Waals surface area contributed by atoms with Crippen LogP contribution in [-0.2, 0) is 22.4 Å². The molecule has 5 nitrogen and oxygen atoms in total. The van der Waals surface area contributed by atoms with Gasteiger partial charge in [0, 0.05) is 16.8 Å². The van der Waals surface area contributed by atoms with Gasteiger partial charge in [0.2, 0.25) is 0 Å². The Morgan fingerprint density at radius 1 is 1.06 bits per heavy atom. The number of aromatic nitrogens is 1. The number of nitrogens with zero attached hydrogens (tertiary/aromatic N) is 1. The Hall–Kier alpha value is -3.21. The second-order valence-corrected chi connectivity index (χ2v) is 9.23. The molecule has 4 rings (SSSR count). The molecule has 1 amide bonds. The van der Waals surface area contributed by atoms with Gasteiger partial charge in [0.1, 0.15) is 0 Å². The number of carbonyl (C=O) groups excluding carboxylic acids is 2. The maximum Gasteiger partial charge on any atom is 0.339 e. The molecule has 0 bridgehead atoms. The first kappa shape index (κ1) is 21.0. The number of ether oxygens (including phenoxy) is 1. The van der Waals surface area contributed by atoms with Crippen molar-refractivity contribution in [2.24, 2.45) is 11.3 Å². The number of hydrogen-bond acceptors (Lipinski definition) is 4. The maximum absolute atomic E-state index is 13.2. The summed E-state index contributed by atoms with van der Waals surface area (Å²) in [5.74, 6) is -0.372. The molecule has 2 aromatic carbocycles. The number of amides is 1. The lowest BCUT2D eigenvalue weighted by Crippen LogP contribution is -2.29. The minimum absolute atomic E-state index is 0.139. The number of nitrogens with one attached hydrogen (secondary N) is 1. The molecule has 0 fully saturated rings. The van der Waals surface area contributed by atoms with E-state index in [1.807, 2.05) is 42.5 Å². The number of esters is 1. The molecule has 0 aliphatic heterocycles. The highest BCUT2D eigenvalue weighted by molar-refractivity contribution is 6.06. The zero-order valence-corrected chi connectivity index (χ0v) is 18.3. The number of carbonyl (C=O) groups is 2. The van der Waals surface area contributed by atoms with Crippen LogP contribution in [0.5, 0.6) is 0 Å². The average Bonchev–Trinajstić information content (AvgIpc) is 2.75. The molecule has 1 aliphatic rings. The van der Waals surface area contributed by atoms with Crippen LogP contribution in [0.4, 0.5) is 5.69 Å². The highest BCUT2D eigenvalue weighted by atomic mass is 16.5. The number of benzene rings is 2. The Kier molecular flexibility index (Phi) is 5.77. The number of aryl methyl sites for hydroxylation is 1. The summed E-state index contributed by atoms with van der Waals surface area (Å²) in [6.45, 7) is 6.39. The summed E-state index contributed by atoms with van der Waals surface area (Å²) in [6.07, 6.45) is 2.68. The van der Waals surface area contributed by atoms with Crippen LogP contribution in [0.3, 0.4) is 0 Å². The third-order valence-electron chi connectivity index (χ3n) is 6.08. The van der Waals surface area contributed by atoms with Gasteiger partial charge in [-0.25, -0.2) is 4.79 Å². The van der Waals surface area contributed by atoms with Crippen molar-refractivity contribution >= 4 is 28.5 Å². The molecule has 5 heteroatoms. The van der Waals surface area contributed by atoms with E-state index in [4.69, 9.17) is 9.72 Å². The van der Waals surface area contributed by atoms with Crippen LogP contribution < -0.4 is 5.32 Å². The summed E-state index contributed by atoms with van der Waals surface area (Å²) in [6, 6.07) is 16.8. The Morgan fingerprint density at radius 3 is 2.52 bits per heavy atom. The quantitative estimate of drug-likeness (QED) is 0.595. The molecule has 31 heavy (non-hydrogen) atoms. The molecule has 1 atom stereocenters. The van der Waals surface area contributed by atoms with E-state index < -0.39 is 5.97 Å². The van der Waals surface area contributed by atoms with Crippen molar-refractivity contribution in [1.29, 1.82) is 0 Å². The van der Waals surface area contributed by atoms with Gasteiger partial charge in [-0.2, -0.15) is 0 Å². The van der Waals surface area contributed by atoms with Gasteiger partial charge in [0.15, 0.2) is 6.61 Å². The summed E-state index contributed by atoms with van der Waals surface area (Å²) >= 11 is 0. The van der Waals surface area contributed by atoms with E-state index in [2.05, 4.69) is 26.1 Å². The summed E-state index contributed by atoms with van der Waals surface area (Å²) < 4.78 is 5.48. The summed E-state index contributed by atoms with van der Waals surface area (Å²) in [4.78, 5) is 30.3. The van der Waals surface area contributed by atoms with E-state index in [1.165, 1.54) is 0 Å². The van der Waals surface area contributed by atoms with E-state index in [0.29, 0.717) is 17.2 Å². The van der Waals surface area contributed by atoms with Gasteiger partial charge in [-0.1, -0.05) is 57.2 Å². The predicted molar refractivity (Wildman–Crippen MR) is 122 cm³/mol. The van der Waals surface area contributed by atoms with Crippen molar-refractivity contribution in [2.75, 3.05) is 11.9 Å². The number of anilines is 1. The average molecular weight is 417 g/mol. The van der Waals surface area contributed by atoms with Crippen LogP contribution in [0.25, 0.3) is 10.9 Å². The monoisotopic (exact) mass is 416 g/mol. The zero-order chi connectivity index (χ0) is 22.0. The normalized spacial score (nSPS) is 15.9. The van der Waals surface area contributed by atoms with Crippen LogP contribution in [0.1, 0.15) is 48.8 Å². The first-order valence-corrected chi connectivity index (χ1v) is 10.8. The fourth-order valence-electron chi connectivity index (χ4n) is 4.28. The van der Waals surface area contributed by atoms with E-state index in [0.717, 1.165) is 41.4 Å². The van der Waals surface area contributed by atoms with Gasteiger partial charge >= 0.3 is 5.97 Å². The van der Waals surface area contributed by atoms with Crippen LogP contribution in [0.15, 0.2) is 54.6 Å². The molecule has 1 aliphatic carbocycles. The molecular formula is C26H28N2O3. The van der Waals surface area contributed by atoms with Gasteiger partial charge in [-0.3, -0.25) is 9.78 Å². The smallest absolute Gasteiger partial charge is 0.339 e. The minimum atomic E-state index is -0.465. The highest BCUT2D eigenvalue weighted by Gasteiger charge is 2.33. The number of para-hydroxylation sites is 2. The summed E-state index contributed by atoms with van der Waals surface area (Å²) in [5, 5.41) is 3.53. The minimum Gasteiger partial charge on any atom is -0.452 e. The third kappa shape index (κ3) is 4.61. The molecule has 0 saturated heterocycles. The van der Waals surface area contributed by atoms with Crippen LogP contribution in [0, 0.1) is 11.3 Å². The molecule has 1 aromatic heterocycles. The summed E-state index contributed by atoms with van der Waals surface area (Å²) in [7, 11) is 0. The predicted octanol–water partition coefficient (Wildman–Crippen LogP) is 5.18. The standard InChI is InChI=1S/C26H28N2O3/c1-26(2,3)17-13-14-22-20(15-17)24(19-11-7-8-12-21(19)28-22)25(30)31-16-23(29)27-18-9-5-4-6-10-18/h4-12,17H,13-16H2,1-3H3,(H,27,29)/t17-/m0/s1. The number of rotatable bonds is 4. The molecule has 0 spiro atoms. The first-order chi connectivity index (χ1) is 14.8. The third-order valence-corrected chi connectivity index (χ3v) is 6.08. The van der Waals surface area contributed by atoms with Crippen molar-refractivity contribution in [1.82, 2.24) is 4.98 Å². The second-order valence-electron chi connectivity index (χ2n) is 9.23. The fraction of sp³-hybridized carbons (Fsp3) is 0.346. The molecule has 1 N–H and O–H groups in total. The molecule has 0 saturated carbocycles.